The van der Waals surface area contributed by atoms with E-state index in [-0.39, 0.29) is 30.6 Å². The minimum absolute atomic E-state index is 0.0864. The highest BCUT2D eigenvalue weighted by molar-refractivity contribution is 5.78. The summed E-state index contributed by atoms with van der Waals surface area (Å²) in [5, 5.41) is 10.3. The Morgan fingerprint density at radius 3 is 2.71 bits per heavy atom. The molecule has 1 aliphatic carbocycles. The van der Waals surface area contributed by atoms with Gasteiger partial charge in [-0.05, 0) is 37.7 Å². The van der Waals surface area contributed by atoms with Gasteiger partial charge in [-0.15, -0.1) is 0 Å². The molecule has 1 aliphatic heterocycles. The Balaban J connectivity index is 1.45. The van der Waals surface area contributed by atoms with Crippen LogP contribution in [0.3, 0.4) is 0 Å². The number of carbonyl (C=O) groups is 1. The van der Waals surface area contributed by atoms with Crippen molar-refractivity contribution in [3.63, 3.8) is 0 Å². The molecule has 1 N–H and O–H groups in total. The van der Waals surface area contributed by atoms with Gasteiger partial charge in [-0.2, -0.15) is 0 Å². The van der Waals surface area contributed by atoms with Gasteiger partial charge in [0.1, 0.15) is 6.61 Å². The Hall–Kier alpha value is -1.39. The number of benzene rings is 1. The second-order valence-electron chi connectivity index (χ2n) is 7.10. The molecule has 4 nitrogen and oxygen atoms in total. The van der Waals surface area contributed by atoms with Crippen molar-refractivity contribution in [1.82, 2.24) is 4.90 Å². The molecule has 1 saturated carbocycles. The summed E-state index contributed by atoms with van der Waals surface area (Å²) in [6, 6.07) is 10.4. The van der Waals surface area contributed by atoms with Crippen LogP contribution in [0.1, 0.15) is 44.1 Å². The van der Waals surface area contributed by atoms with Gasteiger partial charge in [0.25, 0.3) is 0 Å². The van der Waals surface area contributed by atoms with Crippen LogP contribution in [0.4, 0.5) is 0 Å². The third-order valence-corrected chi connectivity index (χ3v) is 5.50. The number of aliphatic hydroxyl groups excluding tert-OH is 1. The summed E-state index contributed by atoms with van der Waals surface area (Å²) in [7, 11) is 0. The number of nitrogens with zero attached hydrogens (tertiary/aromatic N) is 1. The average Bonchev–Trinajstić information content (AvgIpc) is 3.09. The fourth-order valence-corrected chi connectivity index (χ4v) is 4.21. The predicted molar refractivity (Wildman–Crippen MR) is 93.7 cm³/mol. The first kappa shape index (κ1) is 17.4. The van der Waals surface area contributed by atoms with E-state index in [0.29, 0.717) is 6.61 Å². The van der Waals surface area contributed by atoms with Gasteiger partial charge < -0.3 is 14.7 Å². The van der Waals surface area contributed by atoms with E-state index in [9.17, 15) is 9.90 Å². The molecule has 4 heteroatoms. The molecule has 0 spiro atoms. The van der Waals surface area contributed by atoms with Crippen LogP contribution < -0.4 is 0 Å². The fourth-order valence-electron chi connectivity index (χ4n) is 4.21. The Kier molecular flexibility index (Phi) is 6.27. The van der Waals surface area contributed by atoms with E-state index in [2.05, 4.69) is 12.1 Å². The Labute approximate surface area is 144 Å². The molecule has 24 heavy (non-hydrogen) atoms. The number of carbonyl (C=O) groups excluding carboxylic acids is 1. The van der Waals surface area contributed by atoms with Crippen LogP contribution in [0.2, 0.25) is 0 Å². The monoisotopic (exact) mass is 331 g/mol. The van der Waals surface area contributed by atoms with E-state index in [1.807, 2.05) is 23.1 Å². The summed E-state index contributed by atoms with van der Waals surface area (Å²) in [4.78, 5) is 14.5. The maximum Gasteiger partial charge on any atom is 0.248 e. The van der Waals surface area contributed by atoms with Crippen molar-refractivity contribution in [2.75, 3.05) is 19.8 Å². The number of amides is 1. The van der Waals surface area contributed by atoms with Gasteiger partial charge in [0, 0.05) is 18.5 Å². The van der Waals surface area contributed by atoms with Crippen LogP contribution in [0.25, 0.3) is 0 Å². The summed E-state index contributed by atoms with van der Waals surface area (Å²) in [6.07, 6.45) is 6.88. The largest absolute Gasteiger partial charge is 0.393 e. The molecule has 0 radical (unpaired) electrons. The molecule has 3 rings (SSSR count). The van der Waals surface area contributed by atoms with Gasteiger partial charge in [0.2, 0.25) is 5.91 Å². The van der Waals surface area contributed by atoms with Crippen molar-refractivity contribution in [2.24, 2.45) is 5.92 Å². The molecule has 1 heterocycles. The van der Waals surface area contributed by atoms with Gasteiger partial charge in [0.15, 0.2) is 0 Å². The summed E-state index contributed by atoms with van der Waals surface area (Å²) >= 11 is 0. The molecular formula is C20H29NO3. The SMILES string of the molecule is O=C(COCCc1ccccc1)N1CCCC1C1CCCCC1O. The summed E-state index contributed by atoms with van der Waals surface area (Å²) in [5.41, 5.74) is 1.23. The molecular weight excluding hydrogens is 302 g/mol. The molecule has 132 valence electrons. The predicted octanol–water partition coefficient (Wildman–Crippen LogP) is 2.79. The van der Waals surface area contributed by atoms with Gasteiger partial charge in [-0.3, -0.25) is 4.79 Å². The van der Waals surface area contributed by atoms with Gasteiger partial charge in [0.05, 0.1) is 12.7 Å². The normalized spacial score (nSPS) is 27.4. The van der Waals surface area contributed by atoms with Crippen molar-refractivity contribution in [2.45, 2.75) is 57.1 Å². The van der Waals surface area contributed by atoms with E-state index in [0.717, 1.165) is 45.1 Å². The molecule has 1 amide bonds. The summed E-state index contributed by atoms with van der Waals surface area (Å²) < 4.78 is 5.62. The molecule has 2 fully saturated rings. The molecule has 0 bridgehead atoms. The number of likely N-dealkylation sites (tertiary alicyclic amines) is 1. The molecule has 3 unspecified atom stereocenters. The number of hydrogen-bond donors (Lipinski definition) is 1. The molecule has 3 atom stereocenters. The second-order valence-corrected chi connectivity index (χ2v) is 7.10. The lowest BCUT2D eigenvalue weighted by Gasteiger charge is -2.37. The van der Waals surface area contributed by atoms with E-state index in [4.69, 9.17) is 4.74 Å². The molecule has 1 aromatic rings. The molecule has 0 aromatic heterocycles. The van der Waals surface area contributed by atoms with E-state index >= 15 is 0 Å². The molecule has 1 saturated heterocycles. The Morgan fingerprint density at radius 1 is 1.12 bits per heavy atom. The number of aliphatic hydroxyl groups is 1. The summed E-state index contributed by atoms with van der Waals surface area (Å²) in [5.74, 6) is 0.345. The van der Waals surface area contributed by atoms with Gasteiger partial charge in [-0.1, -0.05) is 43.2 Å². The molecule has 2 aliphatic rings. The second kappa shape index (κ2) is 8.63. The van der Waals surface area contributed by atoms with Crippen LogP contribution in [0.15, 0.2) is 30.3 Å². The lowest BCUT2D eigenvalue weighted by molar-refractivity contribution is -0.139. The van der Waals surface area contributed by atoms with Gasteiger partial charge >= 0.3 is 0 Å². The lowest BCUT2D eigenvalue weighted by Crippen LogP contribution is -2.46. The van der Waals surface area contributed by atoms with Crippen LogP contribution in [-0.2, 0) is 16.0 Å². The number of ether oxygens (including phenoxy) is 1. The Bertz CT molecular complexity index is 519. The maximum atomic E-state index is 12.5. The van der Waals surface area contributed by atoms with E-state index in [1.165, 1.54) is 12.0 Å². The van der Waals surface area contributed by atoms with Crippen LogP contribution >= 0.6 is 0 Å². The highest BCUT2D eigenvalue weighted by Crippen LogP contribution is 2.34. The van der Waals surface area contributed by atoms with E-state index in [1.54, 1.807) is 0 Å². The number of rotatable bonds is 6. The highest BCUT2D eigenvalue weighted by atomic mass is 16.5. The topological polar surface area (TPSA) is 49.8 Å². The van der Waals surface area contributed by atoms with Crippen LogP contribution in [0.5, 0.6) is 0 Å². The first-order chi connectivity index (χ1) is 11.8. The van der Waals surface area contributed by atoms with Crippen molar-refractivity contribution >= 4 is 5.91 Å². The van der Waals surface area contributed by atoms with Crippen LogP contribution in [-0.4, -0.2) is 47.8 Å². The number of hydrogen-bond acceptors (Lipinski definition) is 3. The van der Waals surface area contributed by atoms with Crippen molar-refractivity contribution < 1.29 is 14.6 Å². The third kappa shape index (κ3) is 4.37. The fraction of sp³-hybridized carbons (Fsp3) is 0.650. The maximum absolute atomic E-state index is 12.5. The Morgan fingerprint density at radius 2 is 1.92 bits per heavy atom. The van der Waals surface area contributed by atoms with Crippen LogP contribution in [0, 0.1) is 5.92 Å². The quantitative estimate of drug-likeness (QED) is 0.816. The van der Waals surface area contributed by atoms with E-state index < -0.39 is 0 Å². The summed E-state index contributed by atoms with van der Waals surface area (Å²) in [6.45, 7) is 1.54. The standard InChI is InChI=1S/C20H29NO3/c22-19-11-5-4-9-17(19)18-10-6-13-21(18)20(23)15-24-14-12-16-7-2-1-3-8-16/h1-3,7-8,17-19,22H,4-6,9-15H2. The highest BCUT2D eigenvalue weighted by Gasteiger charge is 2.38. The van der Waals surface area contributed by atoms with Crippen molar-refractivity contribution in [1.29, 1.82) is 0 Å². The minimum Gasteiger partial charge on any atom is -0.393 e. The zero-order valence-corrected chi connectivity index (χ0v) is 14.4. The minimum atomic E-state index is -0.240. The smallest absolute Gasteiger partial charge is 0.248 e. The zero-order chi connectivity index (χ0) is 16.8. The third-order valence-electron chi connectivity index (χ3n) is 5.50. The first-order valence-electron chi connectivity index (χ1n) is 9.35. The van der Waals surface area contributed by atoms with Crippen molar-refractivity contribution in [3.05, 3.63) is 35.9 Å². The molecule has 1 aromatic carbocycles. The lowest BCUT2D eigenvalue weighted by atomic mass is 9.80. The zero-order valence-electron chi connectivity index (χ0n) is 14.4. The van der Waals surface area contributed by atoms with Gasteiger partial charge in [-0.25, -0.2) is 0 Å². The van der Waals surface area contributed by atoms with Crippen molar-refractivity contribution in [3.8, 4) is 0 Å². The average molecular weight is 331 g/mol. The first-order valence-corrected chi connectivity index (χ1v) is 9.35.